The van der Waals surface area contributed by atoms with Crippen LogP contribution >= 0.6 is 0 Å². The fraction of sp³-hybridized carbons (Fsp3) is 0.640. The Balaban J connectivity index is 1.49. The highest BCUT2D eigenvalue weighted by atomic mass is 16.1. The number of carbonyl (C=O) groups excluding carboxylic acids is 1. The number of nitrogens with one attached hydrogen (secondary N) is 1. The lowest BCUT2D eigenvalue weighted by Gasteiger charge is -2.40. The molecule has 0 radical (unpaired) electrons. The van der Waals surface area contributed by atoms with Gasteiger partial charge < -0.3 is 10.2 Å². The molecule has 2 fully saturated rings. The van der Waals surface area contributed by atoms with E-state index in [9.17, 15) is 4.79 Å². The highest BCUT2D eigenvalue weighted by Gasteiger charge is 2.42. The van der Waals surface area contributed by atoms with Gasteiger partial charge in [0, 0.05) is 17.0 Å². The van der Waals surface area contributed by atoms with E-state index in [-0.39, 0.29) is 11.3 Å². The molecule has 1 aromatic rings. The molecule has 152 valence electrons. The first-order valence-corrected chi connectivity index (χ1v) is 11.2. The fourth-order valence-electron chi connectivity index (χ4n) is 5.19. The number of carbonyl (C=O) groups is 1. The zero-order valence-electron chi connectivity index (χ0n) is 17.9. The molecule has 1 amide bonds. The average Bonchev–Trinajstić information content (AvgIpc) is 3.28. The van der Waals surface area contributed by atoms with Gasteiger partial charge in [-0.05, 0) is 68.3 Å². The summed E-state index contributed by atoms with van der Waals surface area (Å²) in [7, 11) is 0. The molecule has 2 aliphatic carbocycles. The molecule has 1 N–H and O–H groups in total. The van der Waals surface area contributed by atoms with E-state index in [1.807, 2.05) is 0 Å². The van der Waals surface area contributed by atoms with Crippen LogP contribution in [0.5, 0.6) is 0 Å². The minimum Gasteiger partial charge on any atom is -0.349 e. The van der Waals surface area contributed by atoms with Crippen molar-refractivity contribution in [2.24, 2.45) is 5.41 Å². The molecule has 4 rings (SSSR count). The molecule has 1 aromatic carbocycles. The molecule has 0 aromatic heterocycles. The predicted molar refractivity (Wildman–Crippen MR) is 116 cm³/mol. The monoisotopic (exact) mass is 380 g/mol. The predicted octanol–water partition coefficient (Wildman–Crippen LogP) is 4.91. The molecule has 3 nitrogen and oxygen atoms in total. The van der Waals surface area contributed by atoms with Crippen LogP contribution < -0.4 is 5.32 Å². The Labute approximate surface area is 170 Å². The van der Waals surface area contributed by atoms with E-state index in [0.29, 0.717) is 11.5 Å². The maximum absolute atomic E-state index is 13.1. The van der Waals surface area contributed by atoms with E-state index in [1.54, 1.807) is 0 Å². The van der Waals surface area contributed by atoms with Crippen molar-refractivity contribution in [3.8, 4) is 0 Å². The number of rotatable bonds is 4. The molecule has 1 saturated heterocycles. The molecule has 3 aliphatic rings. The summed E-state index contributed by atoms with van der Waals surface area (Å²) in [5.41, 5.74) is 3.91. The van der Waals surface area contributed by atoms with E-state index in [2.05, 4.69) is 61.3 Å². The number of likely N-dealkylation sites (tertiary alicyclic amines) is 1. The van der Waals surface area contributed by atoms with Crippen molar-refractivity contribution in [3.05, 3.63) is 41.5 Å². The summed E-state index contributed by atoms with van der Waals surface area (Å²) in [5, 5.41) is 3.31. The van der Waals surface area contributed by atoms with Gasteiger partial charge in [0.2, 0.25) is 0 Å². The lowest BCUT2D eigenvalue weighted by atomic mass is 9.74. The lowest BCUT2D eigenvalue weighted by molar-refractivity contribution is -0.116. The SMILES string of the molecule is CC(C)(C)CCN1CCC2(C=C(C(=O)NC3CCCC3)c3ccccc32)CC1. The fourth-order valence-corrected chi connectivity index (χ4v) is 5.19. The van der Waals surface area contributed by atoms with E-state index < -0.39 is 0 Å². The average molecular weight is 381 g/mol. The van der Waals surface area contributed by atoms with Crippen molar-refractivity contribution >= 4 is 11.5 Å². The third-order valence-electron chi connectivity index (χ3n) is 7.04. The number of nitrogens with zero attached hydrogens (tertiary/aromatic N) is 1. The Bertz CT molecular complexity index is 744. The van der Waals surface area contributed by atoms with Crippen molar-refractivity contribution in [3.63, 3.8) is 0 Å². The van der Waals surface area contributed by atoms with Gasteiger partial charge in [-0.1, -0.05) is 64.0 Å². The second-order valence-corrected chi connectivity index (χ2v) is 10.4. The summed E-state index contributed by atoms with van der Waals surface area (Å²) in [4.78, 5) is 15.7. The van der Waals surface area contributed by atoms with E-state index in [4.69, 9.17) is 0 Å². The van der Waals surface area contributed by atoms with Gasteiger partial charge in [-0.15, -0.1) is 0 Å². The van der Waals surface area contributed by atoms with E-state index in [0.717, 1.165) is 44.3 Å². The number of fused-ring (bicyclic) bond motifs is 2. The number of hydrogen-bond acceptors (Lipinski definition) is 2. The molecule has 1 spiro atoms. The van der Waals surface area contributed by atoms with Gasteiger partial charge in [-0.3, -0.25) is 4.79 Å². The van der Waals surface area contributed by atoms with Crippen molar-refractivity contribution in [1.29, 1.82) is 0 Å². The van der Waals surface area contributed by atoms with Gasteiger partial charge in [0.25, 0.3) is 5.91 Å². The first kappa shape index (κ1) is 19.7. The normalized spacial score (nSPS) is 22.3. The Morgan fingerprint density at radius 2 is 1.82 bits per heavy atom. The molecule has 1 saturated carbocycles. The van der Waals surface area contributed by atoms with Gasteiger partial charge in [0.15, 0.2) is 0 Å². The van der Waals surface area contributed by atoms with Crippen LogP contribution in [-0.4, -0.2) is 36.5 Å². The molecule has 0 bridgehead atoms. The van der Waals surface area contributed by atoms with Gasteiger partial charge in [-0.25, -0.2) is 0 Å². The van der Waals surface area contributed by atoms with Gasteiger partial charge >= 0.3 is 0 Å². The second kappa shape index (κ2) is 7.67. The van der Waals surface area contributed by atoms with Crippen LogP contribution in [0.15, 0.2) is 30.3 Å². The van der Waals surface area contributed by atoms with Gasteiger partial charge in [-0.2, -0.15) is 0 Å². The molecule has 1 heterocycles. The Morgan fingerprint density at radius 1 is 1.14 bits per heavy atom. The molecule has 3 heteroatoms. The summed E-state index contributed by atoms with van der Waals surface area (Å²) in [6.07, 6.45) is 10.6. The van der Waals surface area contributed by atoms with Crippen molar-refractivity contribution < 1.29 is 4.79 Å². The van der Waals surface area contributed by atoms with Gasteiger partial charge in [0.1, 0.15) is 0 Å². The maximum atomic E-state index is 13.1. The van der Waals surface area contributed by atoms with Crippen molar-refractivity contribution in [2.75, 3.05) is 19.6 Å². The second-order valence-electron chi connectivity index (χ2n) is 10.4. The van der Waals surface area contributed by atoms with Crippen LogP contribution in [0.4, 0.5) is 0 Å². The largest absolute Gasteiger partial charge is 0.349 e. The van der Waals surface area contributed by atoms with Crippen molar-refractivity contribution in [2.45, 2.75) is 77.2 Å². The summed E-state index contributed by atoms with van der Waals surface area (Å²) >= 11 is 0. The molecule has 28 heavy (non-hydrogen) atoms. The number of benzene rings is 1. The lowest BCUT2D eigenvalue weighted by Crippen LogP contribution is -2.42. The molecule has 1 aliphatic heterocycles. The molecule has 0 unspecified atom stereocenters. The van der Waals surface area contributed by atoms with Crippen LogP contribution in [0.25, 0.3) is 5.57 Å². The number of hydrogen-bond donors (Lipinski definition) is 1. The molecular formula is C25H36N2O. The summed E-state index contributed by atoms with van der Waals surface area (Å²) in [6.45, 7) is 10.4. The minimum absolute atomic E-state index is 0.0528. The summed E-state index contributed by atoms with van der Waals surface area (Å²) in [5.74, 6) is 0.145. The molecule has 0 atom stereocenters. The van der Waals surface area contributed by atoms with E-state index >= 15 is 0 Å². The zero-order chi connectivity index (χ0) is 19.8. The van der Waals surface area contributed by atoms with E-state index in [1.165, 1.54) is 36.9 Å². The first-order valence-electron chi connectivity index (χ1n) is 11.2. The van der Waals surface area contributed by atoms with Crippen LogP contribution in [0.1, 0.15) is 76.8 Å². The van der Waals surface area contributed by atoms with Crippen LogP contribution in [0, 0.1) is 5.41 Å². The molecular weight excluding hydrogens is 344 g/mol. The zero-order valence-corrected chi connectivity index (χ0v) is 17.9. The minimum atomic E-state index is 0.0528. The topological polar surface area (TPSA) is 32.3 Å². The highest BCUT2D eigenvalue weighted by Crippen LogP contribution is 2.47. The van der Waals surface area contributed by atoms with Crippen LogP contribution in [0.3, 0.4) is 0 Å². The van der Waals surface area contributed by atoms with Gasteiger partial charge in [0.05, 0.1) is 0 Å². The summed E-state index contributed by atoms with van der Waals surface area (Å²) < 4.78 is 0. The van der Waals surface area contributed by atoms with Crippen LogP contribution in [0.2, 0.25) is 0 Å². The number of amides is 1. The Kier molecular flexibility index (Phi) is 5.39. The smallest absolute Gasteiger partial charge is 0.251 e. The summed E-state index contributed by atoms with van der Waals surface area (Å²) in [6, 6.07) is 8.99. The number of piperidine rings is 1. The number of allylic oxidation sites excluding steroid dienone is 1. The first-order chi connectivity index (χ1) is 13.4. The maximum Gasteiger partial charge on any atom is 0.251 e. The Morgan fingerprint density at radius 3 is 2.50 bits per heavy atom. The quantitative estimate of drug-likeness (QED) is 0.805. The Hall–Kier alpha value is -1.61. The third kappa shape index (κ3) is 4.05. The van der Waals surface area contributed by atoms with Crippen molar-refractivity contribution in [1.82, 2.24) is 10.2 Å². The van der Waals surface area contributed by atoms with Crippen LogP contribution in [-0.2, 0) is 10.2 Å². The standard InChI is InChI=1S/C25H36N2O/c1-24(2,3)12-15-27-16-13-25(14-17-27)18-21(20-10-6-7-11-22(20)25)23(28)26-19-8-4-5-9-19/h6-7,10-11,18-19H,4-5,8-9,12-17H2,1-3H3,(H,26,28). The highest BCUT2D eigenvalue weighted by molar-refractivity contribution is 6.21. The third-order valence-corrected chi connectivity index (χ3v) is 7.04.